The van der Waals surface area contributed by atoms with Gasteiger partial charge < -0.3 is 9.88 Å². The zero-order valence-electron chi connectivity index (χ0n) is 14.0. The molecule has 4 heteroatoms. The van der Waals surface area contributed by atoms with Gasteiger partial charge in [-0.15, -0.1) is 0 Å². The van der Waals surface area contributed by atoms with Crippen LogP contribution in [-0.4, -0.2) is 33.6 Å². The number of nitrogens with one attached hydrogen (secondary N) is 1. The summed E-state index contributed by atoms with van der Waals surface area (Å²) in [7, 11) is 0. The van der Waals surface area contributed by atoms with Crippen LogP contribution >= 0.6 is 0 Å². The van der Waals surface area contributed by atoms with Gasteiger partial charge in [-0.1, -0.05) is 19.1 Å². The minimum Gasteiger partial charge on any atom is -0.306 e. The number of aromatic amines is 1. The van der Waals surface area contributed by atoms with E-state index in [0.717, 1.165) is 48.9 Å². The standard InChI is InChI=1S/C19H27N3O/c1-14-6-8-15(9-7-14)21-12-10-16(11-13-21)22-18-5-3-2-4-17(18)20-19(22)23/h2-5,14-16H,6-13H2,1H3,(H,20,23). The van der Waals surface area contributed by atoms with Gasteiger partial charge in [-0.3, -0.25) is 4.57 Å². The van der Waals surface area contributed by atoms with E-state index in [0.29, 0.717) is 6.04 Å². The van der Waals surface area contributed by atoms with Gasteiger partial charge in [0.15, 0.2) is 0 Å². The molecule has 0 unspecified atom stereocenters. The number of nitrogens with zero attached hydrogens (tertiary/aromatic N) is 2. The molecule has 0 bridgehead atoms. The van der Waals surface area contributed by atoms with E-state index in [-0.39, 0.29) is 5.69 Å². The smallest absolute Gasteiger partial charge is 0.306 e. The third kappa shape index (κ3) is 2.85. The summed E-state index contributed by atoms with van der Waals surface area (Å²) < 4.78 is 2.00. The van der Waals surface area contributed by atoms with Crippen LogP contribution in [0.2, 0.25) is 0 Å². The molecule has 1 aliphatic carbocycles. The molecule has 0 radical (unpaired) electrons. The highest BCUT2D eigenvalue weighted by Gasteiger charge is 2.29. The summed E-state index contributed by atoms with van der Waals surface area (Å²) in [4.78, 5) is 18.0. The molecule has 4 rings (SSSR count). The fraction of sp³-hybridized carbons (Fsp3) is 0.632. The first kappa shape index (κ1) is 15.0. The second-order valence-corrected chi connectivity index (χ2v) is 7.50. The predicted molar refractivity (Wildman–Crippen MR) is 93.8 cm³/mol. The summed E-state index contributed by atoms with van der Waals surface area (Å²) >= 11 is 0. The van der Waals surface area contributed by atoms with Gasteiger partial charge >= 0.3 is 5.69 Å². The molecule has 0 spiro atoms. The number of imidazole rings is 1. The molecule has 1 saturated heterocycles. The second-order valence-electron chi connectivity index (χ2n) is 7.50. The normalized spacial score (nSPS) is 27.5. The Kier molecular flexibility index (Phi) is 4.02. The average molecular weight is 313 g/mol. The van der Waals surface area contributed by atoms with Crippen molar-refractivity contribution in [1.29, 1.82) is 0 Å². The quantitative estimate of drug-likeness (QED) is 0.921. The maximum atomic E-state index is 12.4. The van der Waals surface area contributed by atoms with Gasteiger partial charge in [0.1, 0.15) is 0 Å². The van der Waals surface area contributed by atoms with Crippen molar-refractivity contribution in [1.82, 2.24) is 14.5 Å². The summed E-state index contributed by atoms with van der Waals surface area (Å²) in [6.07, 6.45) is 7.67. The number of hydrogen-bond acceptors (Lipinski definition) is 2. The van der Waals surface area contributed by atoms with Crippen LogP contribution in [0.15, 0.2) is 29.1 Å². The zero-order valence-corrected chi connectivity index (χ0v) is 14.0. The molecule has 2 aromatic rings. The molecule has 4 nitrogen and oxygen atoms in total. The molecule has 0 atom stereocenters. The number of H-pyrrole nitrogens is 1. The Balaban J connectivity index is 1.47. The van der Waals surface area contributed by atoms with Crippen LogP contribution in [0, 0.1) is 5.92 Å². The molecule has 23 heavy (non-hydrogen) atoms. The van der Waals surface area contributed by atoms with E-state index >= 15 is 0 Å². The first-order valence-corrected chi connectivity index (χ1v) is 9.15. The molecule has 1 aromatic carbocycles. The van der Waals surface area contributed by atoms with E-state index in [1.54, 1.807) is 0 Å². The van der Waals surface area contributed by atoms with Crippen molar-refractivity contribution in [2.24, 2.45) is 5.92 Å². The molecule has 1 aliphatic heterocycles. The maximum absolute atomic E-state index is 12.4. The number of rotatable bonds is 2. The topological polar surface area (TPSA) is 41.0 Å². The number of fused-ring (bicyclic) bond motifs is 1. The van der Waals surface area contributed by atoms with E-state index in [9.17, 15) is 4.79 Å². The molecular formula is C19H27N3O. The minimum atomic E-state index is 0.0520. The predicted octanol–water partition coefficient (Wildman–Crippen LogP) is 3.55. The monoisotopic (exact) mass is 313 g/mol. The van der Waals surface area contributed by atoms with Gasteiger partial charge in [0, 0.05) is 25.2 Å². The van der Waals surface area contributed by atoms with E-state index in [4.69, 9.17) is 0 Å². The Labute approximate surface area is 137 Å². The average Bonchev–Trinajstić information content (AvgIpc) is 2.91. The van der Waals surface area contributed by atoms with Crippen molar-refractivity contribution < 1.29 is 0 Å². The highest BCUT2D eigenvalue weighted by molar-refractivity contribution is 5.75. The van der Waals surface area contributed by atoms with E-state index in [2.05, 4.69) is 22.9 Å². The van der Waals surface area contributed by atoms with Crippen molar-refractivity contribution in [3.8, 4) is 0 Å². The molecule has 1 N–H and O–H groups in total. The Hall–Kier alpha value is -1.55. The van der Waals surface area contributed by atoms with Gasteiger partial charge in [0.05, 0.1) is 11.0 Å². The van der Waals surface area contributed by atoms with Crippen LogP contribution < -0.4 is 5.69 Å². The molecule has 124 valence electrons. The Morgan fingerprint density at radius 1 is 0.957 bits per heavy atom. The molecule has 2 aliphatic rings. The van der Waals surface area contributed by atoms with Gasteiger partial charge in [0.2, 0.25) is 0 Å². The molecule has 2 heterocycles. The van der Waals surface area contributed by atoms with E-state index in [1.807, 2.05) is 22.8 Å². The summed E-state index contributed by atoms with van der Waals surface area (Å²) in [6.45, 7) is 4.65. The lowest BCUT2D eigenvalue weighted by Crippen LogP contribution is -2.44. The second kappa shape index (κ2) is 6.16. The highest BCUT2D eigenvalue weighted by atomic mass is 16.1. The van der Waals surface area contributed by atoms with Crippen LogP contribution in [0.3, 0.4) is 0 Å². The van der Waals surface area contributed by atoms with E-state index < -0.39 is 0 Å². The van der Waals surface area contributed by atoms with Crippen LogP contribution in [-0.2, 0) is 0 Å². The van der Waals surface area contributed by atoms with Crippen molar-refractivity contribution >= 4 is 11.0 Å². The lowest BCUT2D eigenvalue weighted by molar-refractivity contribution is 0.0989. The van der Waals surface area contributed by atoms with Crippen molar-refractivity contribution in [2.45, 2.75) is 57.5 Å². The summed E-state index contributed by atoms with van der Waals surface area (Å²) in [5.41, 5.74) is 2.07. The first-order valence-electron chi connectivity index (χ1n) is 9.15. The largest absolute Gasteiger partial charge is 0.326 e. The molecule has 2 fully saturated rings. The lowest BCUT2D eigenvalue weighted by Gasteiger charge is -2.40. The van der Waals surface area contributed by atoms with Crippen molar-refractivity contribution in [2.75, 3.05) is 13.1 Å². The van der Waals surface area contributed by atoms with Crippen LogP contribution in [0.25, 0.3) is 11.0 Å². The Morgan fingerprint density at radius 3 is 2.39 bits per heavy atom. The van der Waals surface area contributed by atoms with Gasteiger partial charge in [-0.2, -0.15) is 0 Å². The molecular weight excluding hydrogens is 286 g/mol. The number of aromatic nitrogens is 2. The SMILES string of the molecule is CC1CCC(N2CCC(n3c(=O)[nH]c4ccccc43)CC2)CC1. The number of piperidine rings is 1. The van der Waals surface area contributed by atoms with Crippen molar-refractivity contribution in [3.05, 3.63) is 34.7 Å². The fourth-order valence-corrected chi connectivity index (χ4v) is 4.55. The molecule has 1 saturated carbocycles. The first-order chi connectivity index (χ1) is 11.2. The third-order valence-electron chi connectivity index (χ3n) is 5.99. The molecule has 1 aromatic heterocycles. The molecule has 0 amide bonds. The number of likely N-dealkylation sites (tertiary alicyclic amines) is 1. The van der Waals surface area contributed by atoms with Crippen LogP contribution in [0.5, 0.6) is 0 Å². The van der Waals surface area contributed by atoms with E-state index in [1.165, 1.54) is 25.7 Å². The summed E-state index contributed by atoms with van der Waals surface area (Å²) in [5.74, 6) is 0.911. The fourth-order valence-electron chi connectivity index (χ4n) is 4.55. The van der Waals surface area contributed by atoms with Crippen molar-refractivity contribution in [3.63, 3.8) is 0 Å². The summed E-state index contributed by atoms with van der Waals surface area (Å²) in [6, 6.07) is 9.18. The number of hydrogen-bond donors (Lipinski definition) is 1. The zero-order chi connectivity index (χ0) is 15.8. The number of benzene rings is 1. The number of para-hydroxylation sites is 2. The van der Waals surface area contributed by atoms with Gasteiger partial charge in [-0.25, -0.2) is 4.79 Å². The lowest BCUT2D eigenvalue weighted by atomic mass is 9.85. The van der Waals surface area contributed by atoms with Gasteiger partial charge in [0.25, 0.3) is 0 Å². The highest BCUT2D eigenvalue weighted by Crippen LogP contribution is 2.31. The van der Waals surface area contributed by atoms with Crippen LogP contribution in [0.1, 0.15) is 51.5 Å². The minimum absolute atomic E-state index is 0.0520. The third-order valence-corrected chi connectivity index (χ3v) is 5.99. The summed E-state index contributed by atoms with van der Waals surface area (Å²) in [5, 5.41) is 0. The van der Waals surface area contributed by atoms with Crippen LogP contribution in [0.4, 0.5) is 0 Å². The Morgan fingerprint density at radius 2 is 1.65 bits per heavy atom. The van der Waals surface area contributed by atoms with Gasteiger partial charge in [-0.05, 0) is 56.6 Å². The Bertz CT molecular complexity index is 716. The maximum Gasteiger partial charge on any atom is 0.326 e.